The molecule has 2 aliphatic heterocycles. The number of aryl methyl sites for hydroxylation is 9. The molecule has 2 atom stereocenters. The van der Waals surface area contributed by atoms with Crippen molar-refractivity contribution in [3.8, 4) is 90.6 Å². The zero-order valence-corrected chi connectivity index (χ0v) is 95.4. The summed E-state index contributed by atoms with van der Waals surface area (Å²) in [5.74, 6) is 0. The van der Waals surface area contributed by atoms with E-state index in [1.807, 2.05) is 137 Å². The Morgan fingerprint density at radius 2 is 0.607 bits per heavy atom. The third kappa shape index (κ3) is 40.2. The van der Waals surface area contributed by atoms with Crippen molar-refractivity contribution >= 4 is 21.6 Å². The Kier molecular flexibility index (Phi) is 48.5. The molecule has 14 heterocycles. The second-order valence-electron chi connectivity index (χ2n) is 31.6. The summed E-state index contributed by atoms with van der Waals surface area (Å²) < 4.78 is 220. The summed E-state index contributed by atoms with van der Waals surface area (Å²) in [6, 6.07) is 80.0. The summed E-state index contributed by atoms with van der Waals surface area (Å²) in [5, 5.41) is 38.7. The maximum atomic E-state index is 12.8. The van der Waals surface area contributed by atoms with Gasteiger partial charge < -0.3 is 54.9 Å². The second-order valence-corrected chi connectivity index (χ2v) is 34.0. The molecule has 47 heteroatoms. The molecule has 0 saturated carbocycles. The quantitative estimate of drug-likeness (QED) is 0.0662. The number of aromatic nitrogens is 19. The monoisotopic (exact) mass is 3160 g/mol. The molecule has 6 radical (unpaired) electrons. The van der Waals surface area contributed by atoms with Crippen LogP contribution in [0.1, 0.15) is 70.0 Å². The fourth-order valence-electron chi connectivity index (χ4n) is 12.5. The van der Waals surface area contributed by atoms with Crippen molar-refractivity contribution in [1.29, 1.82) is 0 Å². The number of hydrogen-bond acceptors (Lipinski definition) is 14. The first kappa shape index (κ1) is 128. The van der Waals surface area contributed by atoms with Crippen LogP contribution in [0.15, 0.2) is 326 Å². The van der Waals surface area contributed by atoms with E-state index in [0.29, 0.717) is 40.9 Å². The molecule has 150 heavy (non-hydrogen) atoms. The molecule has 0 saturated heterocycles. The van der Waals surface area contributed by atoms with Crippen LogP contribution in [0.5, 0.6) is 0 Å². The number of rotatable bonds is 11. The molecule has 18 aromatic rings. The van der Waals surface area contributed by atoms with Crippen LogP contribution in [0, 0.1) is 77.9 Å². The minimum atomic E-state index is -9.72. The van der Waals surface area contributed by atoms with Gasteiger partial charge in [-0.1, -0.05) is 138 Å². The number of pyridine rings is 5. The van der Waals surface area contributed by atoms with E-state index in [2.05, 4.69) is 212 Å². The zero-order valence-electron chi connectivity index (χ0n) is 80.2. The van der Waals surface area contributed by atoms with E-state index < -0.39 is 62.6 Å². The third-order valence-corrected chi connectivity index (χ3v) is 20.5. The number of imidazole rings is 2. The summed E-state index contributed by atoms with van der Waals surface area (Å²) in [6.07, 6.45) is 6.78. The van der Waals surface area contributed by atoms with Gasteiger partial charge in [-0.2, -0.15) is 88.1 Å². The molecule has 12 aromatic heterocycles. The number of benzene rings is 6. The standard InChI is InChI=1S/C12H9F5NS.3C11H11N2.2C11H12N2.4C9H5F3N3.6Ir/c1-9-6-10(12-4-2-3-5-18-12)8-11(7-9)19(13,14,15,16)17;2*1-9-4-3-5-10(6-9)11-7-13(2)8-12-11;1-9-4-3-5-10(8-9)11-6-7-13(2)12-11;2*1-9-4-3-5-11(8-9)13-10(2)6-7-12-13;4*10-9(11,12)8-5-7(14-15-8)6-3-1-2-4-13-6;;;;;;/h2-7H,1H3;3*3-4,6-8H,1-2H3;2*3-4,6-8,10H,1-2H3;4*1-5H;;;;;;/q4*-1;;;4*-1;;;;;;. The van der Waals surface area contributed by atoms with Crippen molar-refractivity contribution in [3.05, 3.63) is 404 Å². The first-order chi connectivity index (χ1) is 68.0. The summed E-state index contributed by atoms with van der Waals surface area (Å²) in [7, 11) is -3.88. The van der Waals surface area contributed by atoms with Gasteiger partial charge in [-0.25, -0.2) is 5.10 Å². The van der Waals surface area contributed by atoms with E-state index in [-0.39, 0.29) is 160 Å². The SMILES string of the molecule is Cc1cc(-c2ccccn2)[c-]c(S(F)(F)(F)(F)F)c1.Cc1cc[c-]c(-c2ccn(C)n2)c1.Cc1cc[c-]c(-c2cn(C)cn2)c1.Cc1cc[c-]c(-c2cn(C)cn2)c1.Cc1cc[c-]c([N+]2=NC=CC2C)c1.Cc1cc[c-]c([N+]2=NC=CC2C)c1.FC(F)(F)c1cc(-c2ccccn2)[n-]n1.FC(F)(F)c1cc(-c2ccccn2)[n-]n1.FC(F)(F)c1cc(-c2ccccn2)[n-]n1.FC(F)(F)c1cc(-c2ccccn2)[n-]n1.[Ir].[Ir].[Ir].[Ir].[Ir].[Ir]. The van der Waals surface area contributed by atoms with E-state index >= 15 is 0 Å². The van der Waals surface area contributed by atoms with Crippen LogP contribution in [0.25, 0.3) is 90.6 Å². The predicted octanol–water partition coefficient (Wildman–Crippen LogP) is 26.2. The van der Waals surface area contributed by atoms with Crippen molar-refractivity contribution < 1.29 is 202 Å². The zero-order chi connectivity index (χ0) is 104. The number of hydrogen-bond donors (Lipinski definition) is 0. The van der Waals surface area contributed by atoms with Gasteiger partial charge in [0.2, 0.25) is 0 Å². The Hall–Kier alpha value is -12.7. The van der Waals surface area contributed by atoms with Gasteiger partial charge in [0, 0.05) is 250 Å². The minimum Gasteiger partial charge on any atom is -0.573 e. The van der Waals surface area contributed by atoms with Crippen molar-refractivity contribution in [2.75, 3.05) is 0 Å². The molecule has 0 N–H and O–H groups in total. The Bertz CT molecular complexity index is 6710. The molecule has 0 spiro atoms. The normalized spacial score (nSPS) is 12.9. The van der Waals surface area contributed by atoms with E-state index in [9.17, 15) is 72.1 Å². The van der Waals surface area contributed by atoms with Gasteiger partial charge in [0.05, 0.1) is 25.1 Å². The van der Waals surface area contributed by atoms with Crippen molar-refractivity contribution in [2.45, 2.75) is 97.1 Å². The molecular formula is C103H86F17Ir6N23S-8. The first-order valence-electron chi connectivity index (χ1n) is 42.9. The largest absolute Gasteiger partial charge is 0.573 e. The van der Waals surface area contributed by atoms with Crippen LogP contribution >= 0.6 is 10.2 Å². The molecule has 800 valence electrons. The average Bonchev–Trinajstić information content (AvgIpc) is 0.761. The van der Waals surface area contributed by atoms with Crippen LogP contribution in [-0.4, -0.2) is 95.7 Å². The maximum absolute atomic E-state index is 12.8. The van der Waals surface area contributed by atoms with Crippen LogP contribution in [-0.2, 0) is 166 Å². The second kappa shape index (κ2) is 56.9. The summed E-state index contributed by atoms with van der Waals surface area (Å²) in [6.45, 7) is 15.9. The van der Waals surface area contributed by atoms with Gasteiger partial charge in [-0.3, -0.25) is 34.6 Å². The number of alkyl halides is 12. The molecule has 2 aliphatic rings. The number of halogens is 17. The van der Waals surface area contributed by atoms with Crippen LogP contribution < -0.4 is 20.4 Å². The van der Waals surface area contributed by atoms with Crippen LogP contribution in [0.2, 0.25) is 0 Å². The van der Waals surface area contributed by atoms with Gasteiger partial charge >= 0.3 is 24.7 Å². The molecule has 0 aliphatic carbocycles. The topological polar surface area (TPSA) is 257 Å². The van der Waals surface area contributed by atoms with E-state index in [1.54, 1.807) is 108 Å². The van der Waals surface area contributed by atoms with Gasteiger partial charge in [0.15, 0.2) is 12.1 Å². The fraction of sp³-hybridized carbons (Fsp3) is 0.165. The van der Waals surface area contributed by atoms with E-state index in [0.717, 1.165) is 69.4 Å². The number of nitrogens with zero attached hydrogens (tertiary/aromatic N) is 23. The van der Waals surface area contributed by atoms with Crippen molar-refractivity contribution in [3.63, 3.8) is 0 Å². The van der Waals surface area contributed by atoms with Gasteiger partial charge in [0.1, 0.15) is 34.2 Å². The Morgan fingerprint density at radius 1 is 0.320 bits per heavy atom. The van der Waals surface area contributed by atoms with Gasteiger partial charge in [-0.15, -0.1) is 157 Å². The molecule has 2 unspecified atom stereocenters. The van der Waals surface area contributed by atoms with Gasteiger partial charge in [-0.05, 0) is 107 Å². The fourth-order valence-corrected chi connectivity index (χ4v) is 13.2. The van der Waals surface area contributed by atoms with E-state index in [1.165, 1.54) is 77.9 Å². The summed E-state index contributed by atoms with van der Waals surface area (Å²) >= 11 is 0. The first-order valence-corrected chi connectivity index (χ1v) is 44.9. The Labute approximate surface area is 933 Å². The third-order valence-electron chi connectivity index (χ3n) is 19.5. The van der Waals surface area contributed by atoms with Crippen molar-refractivity contribution in [1.82, 2.24) is 94.6 Å². The van der Waals surface area contributed by atoms with Gasteiger partial charge in [0.25, 0.3) is 10.2 Å². The molecule has 20 rings (SSSR count). The number of azo groups is 4. The Balaban J connectivity index is 0.000000292. The predicted molar refractivity (Wildman–Crippen MR) is 506 cm³/mol. The van der Waals surface area contributed by atoms with Crippen LogP contribution in [0.4, 0.5) is 83.5 Å². The molecular weight excluding hydrogens is 3070 g/mol. The summed E-state index contributed by atoms with van der Waals surface area (Å²) in [5.41, 5.74) is 12.5. The molecule has 6 aromatic carbocycles. The average molecular weight is 3150 g/mol. The smallest absolute Gasteiger partial charge is 0.431 e. The summed E-state index contributed by atoms with van der Waals surface area (Å²) in [4.78, 5) is 25.8. The molecule has 23 nitrogen and oxygen atoms in total. The molecule has 0 amide bonds. The van der Waals surface area contributed by atoms with E-state index in [4.69, 9.17) is 0 Å². The molecule has 0 fully saturated rings. The van der Waals surface area contributed by atoms with Crippen LogP contribution in [0.3, 0.4) is 0 Å². The minimum absolute atomic E-state index is 0. The molecule has 0 bridgehead atoms. The maximum Gasteiger partial charge on any atom is 0.431 e. The Morgan fingerprint density at radius 3 is 0.840 bits per heavy atom. The van der Waals surface area contributed by atoms with Crippen molar-refractivity contribution in [2.24, 2.45) is 31.4 Å².